The second kappa shape index (κ2) is 3.80. The predicted molar refractivity (Wildman–Crippen MR) is 47.8 cm³/mol. The zero-order valence-corrected chi connectivity index (χ0v) is 7.50. The molecule has 2 aromatic heterocycles. The molecule has 1 N–H and O–H groups in total. The smallest absolute Gasteiger partial charge is 0.197 e. The van der Waals surface area contributed by atoms with Crippen LogP contribution in [0.15, 0.2) is 12.5 Å². The van der Waals surface area contributed by atoms with Crippen molar-refractivity contribution in [2.75, 3.05) is 0 Å². The van der Waals surface area contributed by atoms with Crippen LogP contribution in [0.5, 0.6) is 0 Å². The van der Waals surface area contributed by atoms with E-state index >= 15 is 0 Å². The Balaban J connectivity index is 0.000000336. The lowest BCUT2D eigenvalue weighted by Gasteiger charge is -1.87. The Kier molecular flexibility index (Phi) is 2.74. The van der Waals surface area contributed by atoms with Gasteiger partial charge in [0.25, 0.3) is 0 Å². The summed E-state index contributed by atoms with van der Waals surface area (Å²) in [7, 11) is 0. The molecule has 4 nitrogen and oxygen atoms in total. The number of rotatable bonds is 0. The highest BCUT2D eigenvalue weighted by Gasteiger charge is 1.95. The molecule has 0 bridgehead atoms. The van der Waals surface area contributed by atoms with Gasteiger partial charge in [0, 0.05) is 0 Å². The minimum atomic E-state index is 0.672. The summed E-state index contributed by atoms with van der Waals surface area (Å²) in [4.78, 5) is 15.0. The molecule has 0 spiro atoms. The van der Waals surface area contributed by atoms with E-state index in [0.29, 0.717) is 5.65 Å². The molecule has 0 aliphatic carbocycles. The van der Waals surface area contributed by atoms with Gasteiger partial charge in [-0.15, -0.1) is 0 Å². The molecule has 2 heterocycles. The third-order valence-corrected chi connectivity index (χ3v) is 1.26. The molecule has 0 fully saturated rings. The fourth-order valence-electron chi connectivity index (χ4n) is 0.817. The van der Waals surface area contributed by atoms with Gasteiger partial charge in [0.2, 0.25) is 0 Å². The van der Waals surface area contributed by atoms with Crippen molar-refractivity contribution in [1.29, 1.82) is 0 Å². The van der Waals surface area contributed by atoms with Crippen LogP contribution in [-0.2, 0) is 0 Å². The van der Waals surface area contributed by atoms with Crippen molar-refractivity contribution in [3.05, 3.63) is 18.2 Å². The van der Waals surface area contributed by atoms with Crippen LogP contribution >= 0.6 is 0 Å². The van der Waals surface area contributed by atoms with Crippen molar-refractivity contribution < 1.29 is 0 Å². The van der Waals surface area contributed by atoms with Crippen LogP contribution in [0.3, 0.4) is 0 Å². The number of fused-ring (bicyclic) bond motifs is 1. The average molecular weight is 164 g/mol. The number of H-pyrrole nitrogens is 1. The van der Waals surface area contributed by atoms with E-state index in [4.69, 9.17) is 0 Å². The van der Waals surface area contributed by atoms with E-state index in [2.05, 4.69) is 19.9 Å². The lowest BCUT2D eigenvalue weighted by atomic mass is 10.5. The standard InChI is InChI=1S/C6H6N4.C2H6/c1-4-2-7-5-6(10-4)9-3-8-5;1-2/h2-3H,1H3,(H,7,8,9,10);1-2H3. The van der Waals surface area contributed by atoms with Crippen LogP contribution in [0.25, 0.3) is 11.3 Å². The molecule has 2 rings (SSSR count). The van der Waals surface area contributed by atoms with E-state index in [-0.39, 0.29) is 0 Å². The first-order valence-electron chi connectivity index (χ1n) is 3.99. The Labute approximate surface area is 71.1 Å². The first kappa shape index (κ1) is 8.64. The van der Waals surface area contributed by atoms with Gasteiger partial charge < -0.3 is 4.98 Å². The molecule has 4 heteroatoms. The zero-order chi connectivity index (χ0) is 8.97. The number of imidazole rings is 1. The molecular weight excluding hydrogens is 152 g/mol. The summed E-state index contributed by atoms with van der Waals surface area (Å²) in [6, 6.07) is 0. The molecule has 0 amide bonds. The Morgan fingerprint density at radius 3 is 2.75 bits per heavy atom. The Hall–Kier alpha value is -1.45. The molecule has 0 unspecified atom stereocenters. The van der Waals surface area contributed by atoms with E-state index in [9.17, 15) is 0 Å². The van der Waals surface area contributed by atoms with E-state index < -0.39 is 0 Å². The minimum absolute atomic E-state index is 0.672. The van der Waals surface area contributed by atoms with Crippen LogP contribution in [0.4, 0.5) is 0 Å². The van der Waals surface area contributed by atoms with Crippen LogP contribution in [0, 0.1) is 6.92 Å². The van der Waals surface area contributed by atoms with Crippen LogP contribution in [0.1, 0.15) is 19.5 Å². The van der Waals surface area contributed by atoms with Crippen molar-refractivity contribution >= 4 is 11.3 Å². The van der Waals surface area contributed by atoms with Crippen LogP contribution < -0.4 is 0 Å². The number of aromatic amines is 1. The first-order chi connectivity index (χ1) is 5.86. The SMILES string of the molecule is CC.Cc1cnc2nc[nH]c2n1. The van der Waals surface area contributed by atoms with Crippen molar-refractivity contribution in [3.8, 4) is 0 Å². The van der Waals surface area contributed by atoms with Crippen LogP contribution in [-0.4, -0.2) is 19.9 Å². The average Bonchev–Trinajstić information content (AvgIpc) is 2.54. The number of hydrogen-bond acceptors (Lipinski definition) is 3. The van der Waals surface area contributed by atoms with Gasteiger partial charge in [0.1, 0.15) is 0 Å². The Bertz CT molecular complexity index is 353. The highest BCUT2D eigenvalue weighted by Crippen LogP contribution is 2.00. The highest BCUT2D eigenvalue weighted by atomic mass is 15.0. The topological polar surface area (TPSA) is 54.5 Å². The second-order valence-electron chi connectivity index (χ2n) is 2.09. The van der Waals surface area contributed by atoms with E-state index in [1.807, 2.05) is 20.8 Å². The van der Waals surface area contributed by atoms with Crippen molar-refractivity contribution in [2.45, 2.75) is 20.8 Å². The summed E-state index contributed by atoms with van der Waals surface area (Å²) in [6.07, 6.45) is 3.28. The van der Waals surface area contributed by atoms with Crippen molar-refractivity contribution in [1.82, 2.24) is 19.9 Å². The minimum Gasteiger partial charge on any atom is -0.328 e. The molecule has 12 heavy (non-hydrogen) atoms. The Morgan fingerprint density at radius 2 is 2.00 bits per heavy atom. The third-order valence-electron chi connectivity index (χ3n) is 1.26. The zero-order valence-electron chi connectivity index (χ0n) is 7.50. The molecule has 64 valence electrons. The molecule has 0 radical (unpaired) electrons. The fraction of sp³-hybridized carbons (Fsp3) is 0.375. The van der Waals surface area contributed by atoms with Gasteiger partial charge in [-0.1, -0.05) is 13.8 Å². The summed E-state index contributed by atoms with van der Waals surface area (Å²) in [5, 5.41) is 0. The van der Waals surface area contributed by atoms with Gasteiger partial charge >= 0.3 is 0 Å². The highest BCUT2D eigenvalue weighted by molar-refractivity contribution is 5.63. The molecule has 0 saturated heterocycles. The quantitative estimate of drug-likeness (QED) is 0.644. The third kappa shape index (κ3) is 1.58. The molecule has 0 atom stereocenters. The molecular formula is C8H12N4. The molecule has 0 saturated carbocycles. The van der Waals surface area contributed by atoms with E-state index in [0.717, 1.165) is 11.3 Å². The predicted octanol–water partition coefficient (Wildman–Crippen LogP) is 1.69. The summed E-state index contributed by atoms with van der Waals surface area (Å²) >= 11 is 0. The van der Waals surface area contributed by atoms with Gasteiger partial charge in [-0.2, -0.15) is 0 Å². The monoisotopic (exact) mass is 164 g/mol. The summed E-state index contributed by atoms with van der Waals surface area (Å²) < 4.78 is 0. The summed E-state index contributed by atoms with van der Waals surface area (Å²) in [6.45, 7) is 5.90. The number of aryl methyl sites for hydroxylation is 1. The van der Waals surface area contributed by atoms with Crippen LogP contribution in [0.2, 0.25) is 0 Å². The Morgan fingerprint density at radius 1 is 1.25 bits per heavy atom. The number of nitrogens with one attached hydrogen (secondary N) is 1. The normalized spacial score (nSPS) is 9.25. The largest absolute Gasteiger partial charge is 0.328 e. The second-order valence-corrected chi connectivity index (χ2v) is 2.09. The lowest BCUT2D eigenvalue weighted by molar-refractivity contribution is 1.16. The van der Waals surface area contributed by atoms with E-state index in [1.54, 1.807) is 12.5 Å². The molecule has 0 aliphatic rings. The maximum atomic E-state index is 4.16. The fourth-order valence-corrected chi connectivity index (χ4v) is 0.817. The first-order valence-corrected chi connectivity index (χ1v) is 3.99. The van der Waals surface area contributed by atoms with Gasteiger partial charge in [-0.3, -0.25) is 0 Å². The number of aromatic nitrogens is 4. The van der Waals surface area contributed by atoms with Gasteiger partial charge in [-0.25, -0.2) is 15.0 Å². The van der Waals surface area contributed by atoms with Crippen molar-refractivity contribution in [2.24, 2.45) is 0 Å². The molecule has 2 aromatic rings. The molecule has 0 aliphatic heterocycles. The maximum absolute atomic E-state index is 4.16. The van der Waals surface area contributed by atoms with Crippen molar-refractivity contribution in [3.63, 3.8) is 0 Å². The summed E-state index contributed by atoms with van der Waals surface area (Å²) in [5.74, 6) is 0. The number of hydrogen-bond donors (Lipinski definition) is 1. The van der Waals surface area contributed by atoms with Gasteiger partial charge in [0.15, 0.2) is 11.3 Å². The van der Waals surface area contributed by atoms with Gasteiger partial charge in [-0.05, 0) is 6.92 Å². The van der Waals surface area contributed by atoms with E-state index in [1.165, 1.54) is 0 Å². The molecule has 0 aromatic carbocycles. The summed E-state index contributed by atoms with van der Waals surface area (Å²) in [5.41, 5.74) is 2.32. The van der Waals surface area contributed by atoms with Gasteiger partial charge in [0.05, 0.1) is 18.2 Å². The maximum Gasteiger partial charge on any atom is 0.197 e. The lowest BCUT2D eigenvalue weighted by Crippen LogP contribution is -1.84. The number of nitrogens with zero attached hydrogens (tertiary/aromatic N) is 3.